The number of aliphatic hydroxyl groups excluding tert-OH is 1. The lowest BCUT2D eigenvalue weighted by Crippen LogP contribution is -2.36. The van der Waals surface area contributed by atoms with Crippen molar-refractivity contribution in [1.29, 1.82) is 0 Å². The van der Waals surface area contributed by atoms with Gasteiger partial charge in [0.25, 0.3) is 0 Å². The largest absolute Gasteiger partial charge is 0.497 e. The Hall–Kier alpha value is -2.34. The van der Waals surface area contributed by atoms with Crippen molar-refractivity contribution in [2.24, 2.45) is 5.92 Å². The van der Waals surface area contributed by atoms with Gasteiger partial charge in [-0.1, -0.05) is 31.4 Å². The van der Waals surface area contributed by atoms with Gasteiger partial charge in [0, 0.05) is 44.4 Å². The van der Waals surface area contributed by atoms with Gasteiger partial charge >= 0.3 is 0 Å². The Balaban J connectivity index is 1.68. The fourth-order valence-corrected chi connectivity index (χ4v) is 4.66. The maximum Gasteiger partial charge on any atom is 0.163 e. The summed E-state index contributed by atoms with van der Waals surface area (Å²) in [6.07, 6.45) is 8.40. The number of aromatic nitrogens is 2. The molecule has 2 aromatic rings. The van der Waals surface area contributed by atoms with E-state index in [1.54, 1.807) is 7.11 Å². The highest BCUT2D eigenvalue weighted by atomic mass is 16.5. The van der Waals surface area contributed by atoms with E-state index >= 15 is 0 Å². The average Bonchev–Trinajstić information content (AvgIpc) is 2.84. The molecule has 1 saturated heterocycles. The van der Waals surface area contributed by atoms with Gasteiger partial charge in [0.2, 0.25) is 0 Å². The van der Waals surface area contributed by atoms with Crippen LogP contribution in [0.4, 0.5) is 11.6 Å². The second kappa shape index (κ2) is 9.65. The van der Waals surface area contributed by atoms with Gasteiger partial charge in [0.1, 0.15) is 17.4 Å². The van der Waals surface area contributed by atoms with E-state index in [1.165, 1.54) is 32.1 Å². The molecule has 1 N–H and O–H groups in total. The Labute approximate surface area is 179 Å². The third-order valence-electron chi connectivity index (χ3n) is 6.71. The molecule has 0 amide bonds. The van der Waals surface area contributed by atoms with Crippen LogP contribution in [0.15, 0.2) is 30.3 Å². The third-order valence-corrected chi connectivity index (χ3v) is 6.71. The van der Waals surface area contributed by atoms with Crippen LogP contribution in [0.1, 0.15) is 44.9 Å². The first kappa shape index (κ1) is 20.9. The maximum absolute atomic E-state index is 9.49. The average molecular weight is 411 g/mol. The van der Waals surface area contributed by atoms with Gasteiger partial charge in [-0.05, 0) is 43.7 Å². The maximum atomic E-state index is 9.49. The summed E-state index contributed by atoms with van der Waals surface area (Å²) in [5.74, 6) is 3.94. The van der Waals surface area contributed by atoms with Crippen LogP contribution in [0.2, 0.25) is 0 Å². The smallest absolute Gasteiger partial charge is 0.163 e. The summed E-state index contributed by atoms with van der Waals surface area (Å²) in [7, 11) is 3.86. The molecule has 1 aliphatic carbocycles. The molecular weight excluding hydrogens is 376 g/mol. The monoisotopic (exact) mass is 410 g/mol. The molecule has 1 aliphatic heterocycles. The number of nitrogens with zero attached hydrogens (tertiary/aromatic N) is 4. The molecule has 6 nitrogen and oxygen atoms in total. The van der Waals surface area contributed by atoms with Crippen molar-refractivity contribution in [2.75, 3.05) is 43.7 Å². The number of aliphatic hydroxyl groups is 1. The highest BCUT2D eigenvalue weighted by Gasteiger charge is 2.24. The van der Waals surface area contributed by atoms with E-state index in [4.69, 9.17) is 14.7 Å². The van der Waals surface area contributed by atoms with E-state index in [0.717, 1.165) is 54.7 Å². The van der Waals surface area contributed by atoms with Crippen LogP contribution in [-0.2, 0) is 0 Å². The first-order valence-electron chi connectivity index (χ1n) is 11.3. The number of hydrogen-bond acceptors (Lipinski definition) is 6. The summed E-state index contributed by atoms with van der Waals surface area (Å²) in [6.45, 7) is 2.13. The lowest BCUT2D eigenvalue weighted by Gasteiger charge is -2.35. The van der Waals surface area contributed by atoms with E-state index in [2.05, 4.69) is 22.9 Å². The molecule has 0 radical (unpaired) electrons. The molecule has 1 saturated carbocycles. The Morgan fingerprint density at radius 1 is 1.07 bits per heavy atom. The van der Waals surface area contributed by atoms with Crippen molar-refractivity contribution in [1.82, 2.24) is 9.97 Å². The van der Waals surface area contributed by atoms with Crippen LogP contribution < -0.4 is 14.5 Å². The molecule has 6 heteroatoms. The normalized spacial score (nSPS) is 18.4. The van der Waals surface area contributed by atoms with Crippen molar-refractivity contribution in [3.05, 3.63) is 30.3 Å². The molecule has 4 rings (SSSR count). The highest BCUT2D eigenvalue weighted by molar-refractivity contribution is 5.64. The first-order valence-corrected chi connectivity index (χ1v) is 11.3. The van der Waals surface area contributed by atoms with Crippen LogP contribution in [0, 0.1) is 5.92 Å². The number of methoxy groups -OCH3 is 1. The topological polar surface area (TPSA) is 61.7 Å². The summed E-state index contributed by atoms with van der Waals surface area (Å²) in [4.78, 5) is 14.6. The van der Waals surface area contributed by atoms with Crippen molar-refractivity contribution in [3.63, 3.8) is 0 Å². The summed E-state index contributed by atoms with van der Waals surface area (Å²) in [6, 6.07) is 10.7. The van der Waals surface area contributed by atoms with Crippen LogP contribution in [0.3, 0.4) is 0 Å². The Morgan fingerprint density at radius 2 is 1.83 bits per heavy atom. The van der Waals surface area contributed by atoms with Gasteiger partial charge in [-0.2, -0.15) is 0 Å². The molecule has 2 fully saturated rings. The van der Waals surface area contributed by atoms with E-state index in [-0.39, 0.29) is 6.61 Å². The van der Waals surface area contributed by atoms with E-state index < -0.39 is 0 Å². The molecule has 0 atom stereocenters. The minimum atomic E-state index is 0.280. The van der Waals surface area contributed by atoms with Gasteiger partial charge in [0.05, 0.1) is 7.11 Å². The lowest BCUT2D eigenvalue weighted by molar-refractivity contribution is 0.203. The Bertz CT molecular complexity index is 830. The summed E-state index contributed by atoms with van der Waals surface area (Å²) in [5.41, 5.74) is 0.972. The van der Waals surface area contributed by atoms with Crippen LogP contribution in [0.5, 0.6) is 5.75 Å². The van der Waals surface area contributed by atoms with E-state index in [1.807, 2.05) is 24.3 Å². The highest BCUT2D eigenvalue weighted by Crippen LogP contribution is 2.31. The minimum absolute atomic E-state index is 0.280. The molecule has 0 bridgehead atoms. The zero-order chi connectivity index (χ0) is 20.9. The predicted molar refractivity (Wildman–Crippen MR) is 121 cm³/mol. The zero-order valence-corrected chi connectivity index (χ0v) is 18.3. The molecule has 1 aromatic heterocycles. The lowest BCUT2D eigenvalue weighted by atomic mass is 9.94. The van der Waals surface area contributed by atoms with Gasteiger partial charge in [-0.25, -0.2) is 9.97 Å². The number of ether oxygens (including phenoxy) is 1. The van der Waals surface area contributed by atoms with Crippen molar-refractivity contribution < 1.29 is 9.84 Å². The van der Waals surface area contributed by atoms with Gasteiger partial charge in [-0.3, -0.25) is 0 Å². The van der Waals surface area contributed by atoms with Crippen molar-refractivity contribution in [2.45, 2.75) is 51.0 Å². The second-order valence-corrected chi connectivity index (χ2v) is 8.66. The third kappa shape index (κ3) is 4.69. The van der Waals surface area contributed by atoms with Crippen molar-refractivity contribution >= 4 is 11.6 Å². The van der Waals surface area contributed by atoms with Gasteiger partial charge in [-0.15, -0.1) is 0 Å². The SMILES string of the molecule is COc1cccc(-c2nc(N3CCC(CO)CC3)cc(N(C)C3CCCCC3)n2)c1. The fraction of sp³-hybridized carbons (Fsp3) is 0.583. The number of benzene rings is 1. The van der Waals surface area contributed by atoms with E-state index in [9.17, 15) is 5.11 Å². The van der Waals surface area contributed by atoms with Gasteiger partial charge < -0.3 is 19.6 Å². The number of rotatable bonds is 6. The van der Waals surface area contributed by atoms with E-state index in [0.29, 0.717) is 12.0 Å². The Morgan fingerprint density at radius 3 is 2.53 bits per heavy atom. The summed E-state index contributed by atoms with van der Waals surface area (Å²) in [5, 5.41) is 9.49. The minimum Gasteiger partial charge on any atom is -0.497 e. The molecular formula is C24H34N4O2. The zero-order valence-electron chi connectivity index (χ0n) is 18.3. The van der Waals surface area contributed by atoms with Crippen LogP contribution in [0.25, 0.3) is 11.4 Å². The standard InChI is InChI=1S/C24H34N4O2/c1-27(20-8-4-3-5-9-20)22-16-23(28-13-11-18(17-29)12-14-28)26-24(25-22)19-7-6-10-21(15-19)30-2/h6-7,10,15-16,18,20,29H,3-5,8-9,11-14,17H2,1-2H3. The Kier molecular flexibility index (Phi) is 6.72. The first-order chi connectivity index (χ1) is 14.7. The molecule has 30 heavy (non-hydrogen) atoms. The molecule has 0 spiro atoms. The molecule has 2 aliphatic rings. The molecule has 2 heterocycles. The number of anilines is 2. The molecule has 162 valence electrons. The quantitative estimate of drug-likeness (QED) is 0.773. The summed E-state index contributed by atoms with van der Waals surface area (Å²) < 4.78 is 5.42. The molecule has 0 unspecified atom stereocenters. The van der Waals surface area contributed by atoms with Gasteiger partial charge in [0.15, 0.2) is 5.82 Å². The fourth-order valence-electron chi connectivity index (χ4n) is 4.66. The van der Waals surface area contributed by atoms with Crippen LogP contribution in [-0.4, -0.2) is 55.0 Å². The number of piperidine rings is 1. The van der Waals surface area contributed by atoms with Crippen LogP contribution >= 0.6 is 0 Å². The number of hydrogen-bond donors (Lipinski definition) is 1. The second-order valence-electron chi connectivity index (χ2n) is 8.66. The molecule has 1 aromatic carbocycles. The summed E-state index contributed by atoms with van der Waals surface area (Å²) >= 11 is 0. The predicted octanol–water partition coefficient (Wildman–Crippen LogP) is 4.13. The van der Waals surface area contributed by atoms with Crippen molar-refractivity contribution in [3.8, 4) is 17.1 Å².